The maximum atomic E-state index is 12.5. The molecule has 1 heterocycles. The summed E-state index contributed by atoms with van der Waals surface area (Å²) in [6.07, 6.45) is -0.778. The van der Waals surface area contributed by atoms with Crippen LogP contribution in [-0.2, 0) is 19.1 Å². The Bertz CT molecular complexity index is 665. The molecule has 0 saturated carbocycles. The molecule has 25 heavy (non-hydrogen) atoms. The molecule has 0 bridgehead atoms. The summed E-state index contributed by atoms with van der Waals surface area (Å²) in [6, 6.07) is 6.29. The van der Waals surface area contributed by atoms with Gasteiger partial charge in [-0.1, -0.05) is 28.1 Å². The lowest BCUT2D eigenvalue weighted by molar-refractivity contribution is -0.151. The van der Waals surface area contributed by atoms with Gasteiger partial charge < -0.3 is 9.47 Å². The summed E-state index contributed by atoms with van der Waals surface area (Å²) in [5.41, 5.74) is 0.0207. The molecule has 2 amide bonds. The standard InChI is InChI=1S/C18H22BrNO5/c1-5-24-16(22)15-13(11-6-8-12(19)9-7-11)10-14(21)20(15)17(23)25-18(2,3)4/h6-9,13,15H,5,10H2,1-4H3/t13-,15+/m1/s1. The van der Waals surface area contributed by atoms with Crippen LogP contribution in [0.5, 0.6) is 0 Å². The minimum atomic E-state index is -1.02. The SMILES string of the molecule is CCOC(=O)[C@@H]1[C@@H](c2ccc(Br)cc2)CC(=O)N1C(=O)OC(C)(C)C. The summed E-state index contributed by atoms with van der Waals surface area (Å²) in [6.45, 7) is 6.96. The summed E-state index contributed by atoms with van der Waals surface area (Å²) in [5, 5.41) is 0. The third-order valence-corrected chi connectivity index (χ3v) is 4.27. The number of carbonyl (C=O) groups is 3. The Morgan fingerprint density at radius 3 is 2.36 bits per heavy atom. The second kappa shape index (κ2) is 7.56. The van der Waals surface area contributed by atoms with Crippen LogP contribution < -0.4 is 0 Å². The van der Waals surface area contributed by atoms with E-state index in [0.717, 1.165) is 14.9 Å². The summed E-state index contributed by atoms with van der Waals surface area (Å²) in [5.74, 6) is -1.51. The summed E-state index contributed by atoms with van der Waals surface area (Å²) in [7, 11) is 0. The average molecular weight is 412 g/mol. The molecule has 2 rings (SSSR count). The summed E-state index contributed by atoms with van der Waals surface area (Å²) in [4.78, 5) is 38.4. The number of amides is 2. The first kappa shape index (κ1) is 19.4. The third-order valence-electron chi connectivity index (χ3n) is 3.74. The molecule has 7 heteroatoms. The fourth-order valence-electron chi connectivity index (χ4n) is 2.77. The molecule has 1 aromatic rings. The zero-order valence-electron chi connectivity index (χ0n) is 14.7. The zero-order valence-corrected chi connectivity index (χ0v) is 16.3. The van der Waals surface area contributed by atoms with Gasteiger partial charge in [-0.05, 0) is 45.4 Å². The number of nitrogens with zero attached hydrogens (tertiary/aromatic N) is 1. The molecule has 6 nitrogen and oxygen atoms in total. The van der Waals surface area contributed by atoms with E-state index in [1.807, 2.05) is 24.3 Å². The van der Waals surface area contributed by atoms with Crippen molar-refractivity contribution in [3.8, 4) is 0 Å². The van der Waals surface area contributed by atoms with Gasteiger partial charge in [-0.2, -0.15) is 0 Å². The summed E-state index contributed by atoms with van der Waals surface area (Å²) >= 11 is 3.36. The molecule has 136 valence electrons. The van der Waals surface area contributed by atoms with Crippen LogP contribution in [0, 0.1) is 0 Å². The van der Waals surface area contributed by atoms with E-state index in [0.29, 0.717) is 0 Å². The molecule has 0 aliphatic carbocycles. The van der Waals surface area contributed by atoms with Gasteiger partial charge in [0, 0.05) is 16.8 Å². The van der Waals surface area contributed by atoms with Crippen molar-refractivity contribution < 1.29 is 23.9 Å². The largest absolute Gasteiger partial charge is 0.464 e. The van der Waals surface area contributed by atoms with Gasteiger partial charge in [0.1, 0.15) is 11.6 Å². The molecular weight excluding hydrogens is 390 g/mol. The number of esters is 1. The zero-order chi connectivity index (χ0) is 18.8. The second-order valence-corrected chi connectivity index (χ2v) is 7.72. The third kappa shape index (κ3) is 4.60. The van der Waals surface area contributed by atoms with E-state index in [4.69, 9.17) is 9.47 Å². The van der Waals surface area contributed by atoms with Crippen molar-refractivity contribution in [3.63, 3.8) is 0 Å². The van der Waals surface area contributed by atoms with Gasteiger partial charge >= 0.3 is 12.1 Å². The van der Waals surface area contributed by atoms with E-state index < -0.39 is 35.5 Å². The molecule has 1 aliphatic heterocycles. The minimum absolute atomic E-state index is 0.0460. The van der Waals surface area contributed by atoms with E-state index >= 15 is 0 Å². The highest BCUT2D eigenvalue weighted by Gasteiger charge is 2.50. The molecule has 0 spiro atoms. The van der Waals surface area contributed by atoms with Crippen LogP contribution in [0.2, 0.25) is 0 Å². The fraction of sp³-hybridized carbons (Fsp3) is 0.500. The quantitative estimate of drug-likeness (QED) is 0.709. The number of benzene rings is 1. The van der Waals surface area contributed by atoms with E-state index in [2.05, 4.69) is 15.9 Å². The van der Waals surface area contributed by atoms with Crippen LogP contribution in [0.3, 0.4) is 0 Å². The molecule has 0 N–H and O–H groups in total. The van der Waals surface area contributed by atoms with Crippen molar-refractivity contribution in [1.82, 2.24) is 4.90 Å². The lowest BCUT2D eigenvalue weighted by atomic mass is 9.91. The predicted octanol–water partition coefficient (Wildman–Crippen LogP) is 3.63. The Labute approximate surface area is 155 Å². The number of likely N-dealkylation sites (tertiary alicyclic amines) is 1. The van der Waals surface area contributed by atoms with E-state index in [1.165, 1.54) is 0 Å². The van der Waals surface area contributed by atoms with Crippen LogP contribution in [0.25, 0.3) is 0 Å². The number of hydrogen-bond donors (Lipinski definition) is 0. The molecule has 1 aliphatic rings. The van der Waals surface area contributed by atoms with Gasteiger partial charge in [-0.25, -0.2) is 14.5 Å². The smallest absolute Gasteiger partial charge is 0.417 e. The van der Waals surface area contributed by atoms with Gasteiger partial charge in [0.25, 0.3) is 0 Å². The molecule has 0 unspecified atom stereocenters. The van der Waals surface area contributed by atoms with Crippen LogP contribution in [0.15, 0.2) is 28.7 Å². The highest BCUT2D eigenvalue weighted by Crippen LogP contribution is 2.36. The first-order valence-corrected chi connectivity index (χ1v) is 8.90. The first-order valence-electron chi connectivity index (χ1n) is 8.11. The number of hydrogen-bond acceptors (Lipinski definition) is 5. The Morgan fingerprint density at radius 1 is 1.24 bits per heavy atom. The number of carbonyl (C=O) groups excluding carboxylic acids is 3. The van der Waals surface area contributed by atoms with Gasteiger partial charge in [0.15, 0.2) is 0 Å². The molecule has 0 radical (unpaired) electrons. The Balaban J connectivity index is 2.37. The highest BCUT2D eigenvalue weighted by atomic mass is 79.9. The fourth-order valence-corrected chi connectivity index (χ4v) is 3.03. The topological polar surface area (TPSA) is 72.9 Å². The maximum absolute atomic E-state index is 12.5. The van der Waals surface area contributed by atoms with Crippen molar-refractivity contribution in [2.24, 2.45) is 0 Å². The van der Waals surface area contributed by atoms with E-state index in [9.17, 15) is 14.4 Å². The Kier molecular flexibility index (Phi) is 5.87. The van der Waals surface area contributed by atoms with Gasteiger partial charge in [0.2, 0.25) is 5.91 Å². The highest BCUT2D eigenvalue weighted by molar-refractivity contribution is 9.10. The van der Waals surface area contributed by atoms with Gasteiger partial charge in [-0.3, -0.25) is 4.79 Å². The maximum Gasteiger partial charge on any atom is 0.417 e. The molecular formula is C18H22BrNO5. The van der Waals surface area contributed by atoms with Crippen LogP contribution in [0.4, 0.5) is 4.79 Å². The Hall–Kier alpha value is -1.89. The normalized spacial score (nSPS) is 20.5. The monoisotopic (exact) mass is 411 g/mol. The molecule has 1 fully saturated rings. The van der Waals surface area contributed by atoms with Crippen molar-refractivity contribution in [2.75, 3.05) is 6.61 Å². The van der Waals surface area contributed by atoms with Crippen LogP contribution >= 0.6 is 15.9 Å². The molecule has 1 saturated heterocycles. The van der Waals surface area contributed by atoms with Crippen molar-refractivity contribution in [3.05, 3.63) is 34.3 Å². The number of rotatable bonds is 3. The molecule has 1 aromatic carbocycles. The summed E-state index contributed by atoms with van der Waals surface area (Å²) < 4.78 is 11.3. The number of imide groups is 1. The van der Waals surface area contributed by atoms with E-state index in [-0.39, 0.29) is 13.0 Å². The first-order chi connectivity index (χ1) is 11.6. The molecule has 0 aromatic heterocycles. The lowest BCUT2D eigenvalue weighted by Gasteiger charge is -2.28. The number of ether oxygens (including phenoxy) is 2. The van der Waals surface area contributed by atoms with Crippen LogP contribution in [0.1, 0.15) is 45.6 Å². The minimum Gasteiger partial charge on any atom is -0.464 e. The van der Waals surface area contributed by atoms with Crippen molar-refractivity contribution in [1.29, 1.82) is 0 Å². The predicted molar refractivity (Wildman–Crippen MR) is 95.0 cm³/mol. The lowest BCUT2D eigenvalue weighted by Crippen LogP contribution is -2.47. The van der Waals surface area contributed by atoms with Crippen molar-refractivity contribution >= 4 is 33.9 Å². The van der Waals surface area contributed by atoms with E-state index in [1.54, 1.807) is 27.7 Å². The number of halogens is 1. The molecule has 2 atom stereocenters. The van der Waals surface area contributed by atoms with Gasteiger partial charge in [0.05, 0.1) is 6.61 Å². The van der Waals surface area contributed by atoms with Crippen molar-refractivity contribution in [2.45, 2.75) is 51.7 Å². The second-order valence-electron chi connectivity index (χ2n) is 6.80. The average Bonchev–Trinajstić information content (AvgIpc) is 2.84. The van der Waals surface area contributed by atoms with Gasteiger partial charge in [-0.15, -0.1) is 0 Å². The Morgan fingerprint density at radius 2 is 1.84 bits per heavy atom. The van der Waals surface area contributed by atoms with Crippen LogP contribution in [-0.4, -0.2) is 41.1 Å².